The summed E-state index contributed by atoms with van der Waals surface area (Å²) in [7, 11) is 0. The molecule has 17 heavy (non-hydrogen) atoms. The number of fused-ring (bicyclic) bond motifs is 3. The second-order valence-electron chi connectivity index (χ2n) is 3.96. The lowest BCUT2D eigenvalue weighted by Gasteiger charge is -2.20. The van der Waals surface area contributed by atoms with Crippen LogP contribution in [0.4, 0.5) is 0 Å². The van der Waals surface area contributed by atoms with Crippen molar-refractivity contribution in [3.05, 3.63) is 65.9 Å². The lowest BCUT2D eigenvalue weighted by atomic mass is 9.82. The third kappa shape index (κ3) is 1.31. The Kier molecular flexibility index (Phi) is 2.08. The van der Waals surface area contributed by atoms with Gasteiger partial charge in [-0.3, -0.25) is 4.79 Å². The monoisotopic (exact) mass is 222 g/mol. The first kappa shape index (κ1) is 9.85. The van der Waals surface area contributed by atoms with Gasteiger partial charge in [0.2, 0.25) is 0 Å². The molecule has 0 heterocycles. The van der Waals surface area contributed by atoms with Gasteiger partial charge < -0.3 is 5.11 Å². The number of hydrogen-bond donors (Lipinski definition) is 1. The number of hydrogen-bond acceptors (Lipinski definition) is 2. The van der Waals surface area contributed by atoms with Gasteiger partial charge in [-0.05, 0) is 16.7 Å². The Balaban J connectivity index is 2.41. The molecule has 1 N–H and O–H groups in total. The Bertz CT molecular complexity index is 639. The Morgan fingerprint density at radius 3 is 1.82 bits per heavy atom. The van der Waals surface area contributed by atoms with Crippen LogP contribution < -0.4 is 0 Å². The molecule has 0 amide bonds. The standard InChI is InChI=1S/C15H10O2/c16-9-14-12-7-2-1-5-10(12)11-6-3-4-8-13(11)15(14)17/h1-9,16H/b14-9-. The topological polar surface area (TPSA) is 37.3 Å². The molecule has 0 saturated heterocycles. The Morgan fingerprint density at radius 1 is 0.765 bits per heavy atom. The summed E-state index contributed by atoms with van der Waals surface area (Å²) in [6.45, 7) is 0. The molecule has 1 aliphatic carbocycles. The van der Waals surface area contributed by atoms with Gasteiger partial charge in [0.1, 0.15) is 0 Å². The first-order valence-electron chi connectivity index (χ1n) is 5.41. The Labute approximate surface area is 98.8 Å². The van der Waals surface area contributed by atoms with Gasteiger partial charge in [0, 0.05) is 5.56 Å². The summed E-state index contributed by atoms with van der Waals surface area (Å²) >= 11 is 0. The molecule has 3 rings (SSSR count). The molecule has 0 aromatic heterocycles. The molecule has 0 aliphatic heterocycles. The van der Waals surface area contributed by atoms with Gasteiger partial charge in [0.15, 0.2) is 5.78 Å². The number of ketones is 1. The van der Waals surface area contributed by atoms with Gasteiger partial charge >= 0.3 is 0 Å². The van der Waals surface area contributed by atoms with Crippen LogP contribution in [0.5, 0.6) is 0 Å². The summed E-state index contributed by atoms with van der Waals surface area (Å²) in [5.41, 5.74) is 3.71. The van der Waals surface area contributed by atoms with Crippen LogP contribution in [0.1, 0.15) is 15.9 Å². The molecule has 0 spiro atoms. The summed E-state index contributed by atoms with van der Waals surface area (Å²) in [5, 5.41) is 9.25. The predicted molar refractivity (Wildman–Crippen MR) is 66.8 cm³/mol. The zero-order valence-corrected chi connectivity index (χ0v) is 9.05. The maximum Gasteiger partial charge on any atom is 0.197 e. The second-order valence-corrected chi connectivity index (χ2v) is 3.96. The number of rotatable bonds is 0. The van der Waals surface area contributed by atoms with Crippen LogP contribution in [0.15, 0.2) is 54.8 Å². The average molecular weight is 222 g/mol. The van der Waals surface area contributed by atoms with Crippen LogP contribution >= 0.6 is 0 Å². The molecule has 0 unspecified atom stereocenters. The van der Waals surface area contributed by atoms with E-state index in [4.69, 9.17) is 0 Å². The summed E-state index contributed by atoms with van der Waals surface area (Å²) in [6, 6.07) is 15.1. The molecule has 82 valence electrons. The van der Waals surface area contributed by atoms with Crippen molar-refractivity contribution in [1.82, 2.24) is 0 Å². The van der Waals surface area contributed by atoms with Crippen molar-refractivity contribution in [3.8, 4) is 11.1 Å². The van der Waals surface area contributed by atoms with Crippen LogP contribution in [0.3, 0.4) is 0 Å². The normalized spacial score (nSPS) is 15.5. The molecule has 0 bridgehead atoms. The zero-order valence-electron chi connectivity index (χ0n) is 9.05. The highest BCUT2D eigenvalue weighted by molar-refractivity contribution is 6.34. The predicted octanol–water partition coefficient (Wildman–Crippen LogP) is 3.45. The molecule has 2 aromatic rings. The minimum absolute atomic E-state index is 0.123. The summed E-state index contributed by atoms with van der Waals surface area (Å²) in [4.78, 5) is 12.2. The van der Waals surface area contributed by atoms with Crippen molar-refractivity contribution >= 4 is 11.4 Å². The molecule has 0 radical (unpaired) electrons. The molecular formula is C15H10O2. The lowest BCUT2D eigenvalue weighted by Crippen LogP contribution is -2.11. The third-order valence-corrected chi connectivity index (χ3v) is 3.05. The quantitative estimate of drug-likeness (QED) is 0.547. The first-order valence-corrected chi connectivity index (χ1v) is 5.41. The van der Waals surface area contributed by atoms with Crippen molar-refractivity contribution in [1.29, 1.82) is 0 Å². The highest BCUT2D eigenvalue weighted by Crippen LogP contribution is 2.38. The van der Waals surface area contributed by atoms with Gasteiger partial charge in [-0.25, -0.2) is 0 Å². The third-order valence-electron chi connectivity index (χ3n) is 3.05. The summed E-state index contributed by atoms with van der Waals surface area (Å²) in [5.74, 6) is -0.123. The van der Waals surface area contributed by atoms with Crippen molar-refractivity contribution in [2.75, 3.05) is 0 Å². The molecule has 0 fully saturated rings. The second kappa shape index (κ2) is 3.59. The molecule has 0 saturated carbocycles. The molecule has 2 heteroatoms. The maximum atomic E-state index is 12.2. The van der Waals surface area contributed by atoms with E-state index in [1.807, 2.05) is 42.5 Å². The smallest absolute Gasteiger partial charge is 0.197 e. The molecule has 2 nitrogen and oxygen atoms in total. The number of carbonyl (C=O) groups excluding carboxylic acids is 1. The van der Waals surface area contributed by atoms with E-state index in [2.05, 4.69) is 0 Å². The van der Waals surface area contributed by atoms with E-state index in [1.54, 1.807) is 6.07 Å². The fourth-order valence-corrected chi connectivity index (χ4v) is 2.26. The van der Waals surface area contributed by atoms with Crippen molar-refractivity contribution in [2.45, 2.75) is 0 Å². The minimum atomic E-state index is -0.123. The highest BCUT2D eigenvalue weighted by Gasteiger charge is 2.26. The van der Waals surface area contributed by atoms with Crippen molar-refractivity contribution < 1.29 is 9.90 Å². The van der Waals surface area contributed by atoms with E-state index in [0.717, 1.165) is 23.0 Å². The number of Topliss-reactive ketones (excluding diaryl/α,β-unsaturated/α-hetero) is 1. The average Bonchev–Trinajstić information content (AvgIpc) is 2.40. The lowest BCUT2D eigenvalue weighted by molar-refractivity contribution is 0.105. The van der Waals surface area contributed by atoms with Crippen LogP contribution in [0, 0.1) is 0 Å². The van der Waals surface area contributed by atoms with Gasteiger partial charge in [-0.1, -0.05) is 48.5 Å². The van der Waals surface area contributed by atoms with Gasteiger partial charge in [0.25, 0.3) is 0 Å². The van der Waals surface area contributed by atoms with Crippen molar-refractivity contribution in [2.24, 2.45) is 0 Å². The molecule has 2 aromatic carbocycles. The fraction of sp³-hybridized carbons (Fsp3) is 0. The number of allylic oxidation sites excluding steroid dienone is 1. The largest absolute Gasteiger partial charge is 0.515 e. The summed E-state index contributed by atoms with van der Waals surface area (Å²) < 4.78 is 0. The van der Waals surface area contributed by atoms with Crippen LogP contribution in [0.25, 0.3) is 16.7 Å². The Morgan fingerprint density at radius 2 is 1.24 bits per heavy atom. The number of carbonyl (C=O) groups is 1. The van der Waals surface area contributed by atoms with Crippen molar-refractivity contribution in [3.63, 3.8) is 0 Å². The van der Waals surface area contributed by atoms with Gasteiger partial charge in [-0.15, -0.1) is 0 Å². The molecular weight excluding hydrogens is 212 g/mol. The van der Waals surface area contributed by atoms with E-state index in [-0.39, 0.29) is 5.78 Å². The Hall–Kier alpha value is -2.35. The number of aliphatic hydroxyl groups is 1. The van der Waals surface area contributed by atoms with E-state index in [1.165, 1.54) is 0 Å². The first-order chi connectivity index (χ1) is 8.33. The number of aliphatic hydroxyl groups excluding tert-OH is 1. The maximum absolute atomic E-state index is 12.2. The summed E-state index contributed by atoms with van der Waals surface area (Å²) in [6.07, 6.45) is 0.900. The van der Waals surface area contributed by atoms with E-state index >= 15 is 0 Å². The highest BCUT2D eigenvalue weighted by atomic mass is 16.2. The molecule has 0 atom stereocenters. The van der Waals surface area contributed by atoms with Crippen LogP contribution in [-0.2, 0) is 0 Å². The van der Waals surface area contributed by atoms with Gasteiger partial charge in [0.05, 0.1) is 11.8 Å². The van der Waals surface area contributed by atoms with Crippen LogP contribution in [0.2, 0.25) is 0 Å². The SMILES string of the molecule is O=C1/C(=C\O)c2ccccc2-c2ccccc21. The van der Waals surface area contributed by atoms with E-state index < -0.39 is 0 Å². The molecule has 1 aliphatic rings. The van der Waals surface area contributed by atoms with Crippen LogP contribution in [-0.4, -0.2) is 10.9 Å². The number of benzene rings is 2. The fourth-order valence-electron chi connectivity index (χ4n) is 2.26. The van der Waals surface area contributed by atoms with E-state index in [0.29, 0.717) is 11.1 Å². The zero-order chi connectivity index (χ0) is 11.8. The van der Waals surface area contributed by atoms with Gasteiger partial charge in [-0.2, -0.15) is 0 Å². The van der Waals surface area contributed by atoms with E-state index in [9.17, 15) is 9.90 Å². The minimum Gasteiger partial charge on any atom is -0.515 e.